The van der Waals surface area contributed by atoms with Crippen LogP contribution in [0.5, 0.6) is 0 Å². The van der Waals surface area contributed by atoms with Crippen molar-refractivity contribution < 1.29 is 29.0 Å². The number of likely N-dealkylation sites (tertiary alicyclic amines) is 1. The Balaban J connectivity index is 1.47. The lowest BCUT2D eigenvalue weighted by Gasteiger charge is -2.37. The largest absolute Gasteiger partial charge is 0.465 e. The van der Waals surface area contributed by atoms with Gasteiger partial charge in [-0.15, -0.1) is 18.3 Å². The van der Waals surface area contributed by atoms with Crippen LogP contribution in [0.3, 0.4) is 0 Å². The normalized spacial score (nSPS) is 27.8. The minimum atomic E-state index is -1.18. The van der Waals surface area contributed by atoms with Gasteiger partial charge in [0.2, 0.25) is 11.8 Å². The molecule has 3 aliphatic heterocycles. The van der Waals surface area contributed by atoms with Crippen LogP contribution in [-0.4, -0.2) is 96.6 Å². The molecule has 4 heterocycles. The summed E-state index contributed by atoms with van der Waals surface area (Å²) in [5.74, 6) is -2.67. The summed E-state index contributed by atoms with van der Waals surface area (Å²) < 4.78 is 13.8. The molecule has 3 fully saturated rings. The first kappa shape index (κ1) is 30.4. The van der Waals surface area contributed by atoms with Gasteiger partial charge in [-0.2, -0.15) is 0 Å². The van der Waals surface area contributed by atoms with Crippen LogP contribution in [0.2, 0.25) is 0 Å². The fourth-order valence-electron chi connectivity index (χ4n) is 6.73. The fourth-order valence-corrected chi connectivity index (χ4v) is 7.68. The van der Waals surface area contributed by atoms with Gasteiger partial charge in [-0.05, 0) is 37.8 Å². The van der Waals surface area contributed by atoms with Crippen molar-refractivity contribution in [2.75, 3.05) is 26.3 Å². The number of halogens is 1. The van der Waals surface area contributed by atoms with Gasteiger partial charge in [0.15, 0.2) is 0 Å². The van der Waals surface area contributed by atoms with Crippen LogP contribution in [0.15, 0.2) is 49.6 Å². The van der Waals surface area contributed by atoms with Gasteiger partial charge in [0.05, 0.1) is 30.1 Å². The number of ether oxygens (including phenoxy) is 2. The van der Waals surface area contributed by atoms with Gasteiger partial charge in [-0.1, -0.05) is 58.3 Å². The fraction of sp³-hybridized carbons (Fsp3) is 0.567. The Hall–Kier alpha value is -3.09. The minimum Gasteiger partial charge on any atom is -0.465 e. The number of rotatable bonds is 15. The topological polar surface area (TPSA) is 127 Å². The van der Waals surface area contributed by atoms with E-state index in [1.807, 2.05) is 24.3 Å². The first-order valence-electron chi connectivity index (χ1n) is 14.6. The number of aromatic nitrogens is 3. The van der Waals surface area contributed by atoms with E-state index in [9.17, 15) is 19.5 Å². The van der Waals surface area contributed by atoms with E-state index in [4.69, 9.17) is 9.47 Å². The van der Waals surface area contributed by atoms with E-state index in [0.29, 0.717) is 37.7 Å². The number of benzene rings is 1. The van der Waals surface area contributed by atoms with E-state index in [-0.39, 0.29) is 43.1 Å². The zero-order chi connectivity index (χ0) is 29.9. The Morgan fingerprint density at radius 3 is 2.76 bits per heavy atom. The van der Waals surface area contributed by atoms with Gasteiger partial charge in [0.25, 0.3) is 0 Å². The number of hydrogen-bond acceptors (Lipinski definition) is 8. The summed E-state index contributed by atoms with van der Waals surface area (Å²) in [6.07, 6.45) is 6.58. The number of aliphatic hydroxyl groups excluding tert-OH is 1. The molecular weight excluding hydrogens is 606 g/mol. The number of para-hydroxylation sites is 1. The van der Waals surface area contributed by atoms with Gasteiger partial charge < -0.3 is 24.4 Å². The van der Waals surface area contributed by atoms with E-state index in [2.05, 4.69) is 39.4 Å². The lowest BCUT2D eigenvalue weighted by Crippen LogP contribution is -2.57. The summed E-state index contributed by atoms with van der Waals surface area (Å²) in [5.41, 5.74) is 0.310. The van der Waals surface area contributed by atoms with Crippen molar-refractivity contribution in [3.63, 3.8) is 0 Å². The molecule has 1 spiro atoms. The second-order valence-electron chi connectivity index (χ2n) is 11.1. The average Bonchev–Trinajstić information content (AvgIpc) is 3.70. The number of esters is 1. The predicted octanol–water partition coefficient (Wildman–Crippen LogP) is 2.82. The molecule has 5 rings (SSSR count). The molecule has 11 nitrogen and oxygen atoms in total. The minimum absolute atomic E-state index is 0.106. The maximum atomic E-state index is 14.6. The van der Waals surface area contributed by atoms with Crippen LogP contribution in [0.1, 0.15) is 38.5 Å². The standard InChI is InChI=1S/C30H38BrN5O6/c1-3-5-17-41-29(40)23-24-27(38)35(15-10-6-7-11-16-37)26(30(24)18-20(31)25(23)42-30)28(39)34(14-4-2)19-36-22-13-9-8-12-21(22)32-33-36/h3-4,8-9,12-13,20,23-26,37H,1-2,5-7,10-11,14-19H2/t20?,23-,24-,25-,26?,30?/m0/s1. The number of amides is 2. The molecule has 0 saturated carbocycles. The quantitative estimate of drug-likeness (QED) is 0.136. The third-order valence-corrected chi connectivity index (χ3v) is 9.40. The first-order valence-corrected chi connectivity index (χ1v) is 15.5. The molecular formula is C30H38BrN5O6. The molecule has 3 saturated heterocycles. The molecule has 226 valence electrons. The van der Waals surface area contributed by atoms with E-state index in [1.54, 1.807) is 26.6 Å². The lowest BCUT2D eigenvalue weighted by molar-refractivity contribution is -0.155. The number of carbonyl (C=O) groups is 3. The van der Waals surface area contributed by atoms with Crippen molar-refractivity contribution >= 4 is 44.7 Å². The van der Waals surface area contributed by atoms with E-state index in [1.165, 1.54) is 0 Å². The van der Waals surface area contributed by atoms with Crippen molar-refractivity contribution in [2.24, 2.45) is 11.8 Å². The highest BCUT2D eigenvalue weighted by Gasteiger charge is 2.77. The molecule has 3 unspecified atom stereocenters. The van der Waals surface area contributed by atoms with E-state index in [0.717, 1.165) is 18.4 Å². The van der Waals surface area contributed by atoms with Crippen molar-refractivity contribution in [2.45, 2.75) is 67.8 Å². The molecule has 2 aromatic rings. The molecule has 12 heteroatoms. The first-order chi connectivity index (χ1) is 20.4. The van der Waals surface area contributed by atoms with Crippen LogP contribution in [0.25, 0.3) is 11.0 Å². The SMILES string of the molecule is C=CCCOC(=O)[C@H]1[C@H]2C(=O)N(CCCCCCO)C(C(=O)N(CC=C)Cn3nnc4ccccc43)C23CC(Br)[C@@H]1O3. The van der Waals surface area contributed by atoms with Crippen molar-refractivity contribution in [3.8, 4) is 0 Å². The summed E-state index contributed by atoms with van der Waals surface area (Å²) in [4.78, 5) is 45.1. The third-order valence-electron chi connectivity index (χ3n) is 8.55. The third kappa shape index (κ3) is 5.40. The smallest absolute Gasteiger partial charge is 0.312 e. The lowest BCUT2D eigenvalue weighted by atomic mass is 9.70. The molecule has 3 aliphatic rings. The molecule has 1 aromatic carbocycles. The number of nitrogens with zero attached hydrogens (tertiary/aromatic N) is 5. The maximum absolute atomic E-state index is 14.6. The summed E-state index contributed by atoms with van der Waals surface area (Å²) >= 11 is 3.69. The van der Waals surface area contributed by atoms with Gasteiger partial charge in [-0.3, -0.25) is 14.4 Å². The number of alkyl halides is 1. The number of hydrogen-bond donors (Lipinski definition) is 1. The van der Waals surface area contributed by atoms with E-state index < -0.39 is 35.6 Å². The summed E-state index contributed by atoms with van der Waals surface area (Å²) in [5, 5.41) is 17.7. The summed E-state index contributed by atoms with van der Waals surface area (Å²) in [6.45, 7) is 8.48. The van der Waals surface area contributed by atoms with Crippen LogP contribution < -0.4 is 0 Å². The summed E-state index contributed by atoms with van der Waals surface area (Å²) in [6, 6.07) is 6.57. The number of aliphatic hydroxyl groups is 1. The molecule has 0 radical (unpaired) electrons. The Bertz CT molecular complexity index is 1330. The molecule has 42 heavy (non-hydrogen) atoms. The highest BCUT2D eigenvalue weighted by Crippen LogP contribution is 2.60. The van der Waals surface area contributed by atoms with Crippen LogP contribution >= 0.6 is 15.9 Å². The maximum Gasteiger partial charge on any atom is 0.312 e. The molecule has 1 aromatic heterocycles. The van der Waals surface area contributed by atoms with E-state index >= 15 is 0 Å². The Morgan fingerprint density at radius 2 is 2.00 bits per heavy atom. The van der Waals surface area contributed by atoms with Crippen LogP contribution in [0.4, 0.5) is 0 Å². The van der Waals surface area contributed by atoms with Crippen molar-refractivity contribution in [3.05, 3.63) is 49.6 Å². The molecule has 0 aliphatic carbocycles. The highest BCUT2D eigenvalue weighted by molar-refractivity contribution is 9.09. The van der Waals surface area contributed by atoms with Crippen LogP contribution in [-0.2, 0) is 30.5 Å². The molecule has 2 bridgehead atoms. The Labute approximate surface area is 253 Å². The Kier molecular flexibility index (Phi) is 9.44. The molecule has 2 amide bonds. The van der Waals surface area contributed by atoms with Gasteiger partial charge in [0, 0.05) is 24.5 Å². The van der Waals surface area contributed by atoms with Crippen molar-refractivity contribution in [1.82, 2.24) is 24.8 Å². The summed E-state index contributed by atoms with van der Waals surface area (Å²) in [7, 11) is 0. The van der Waals surface area contributed by atoms with Crippen LogP contribution in [0, 0.1) is 11.8 Å². The number of unbranched alkanes of at least 4 members (excludes halogenated alkanes) is 3. The number of carbonyl (C=O) groups excluding carboxylic acids is 3. The predicted molar refractivity (Wildman–Crippen MR) is 158 cm³/mol. The Morgan fingerprint density at radius 1 is 1.21 bits per heavy atom. The number of fused-ring (bicyclic) bond motifs is 2. The van der Waals surface area contributed by atoms with Gasteiger partial charge in [-0.25, -0.2) is 4.68 Å². The molecule has 6 atom stereocenters. The molecule has 1 N–H and O–H groups in total. The second-order valence-corrected chi connectivity index (χ2v) is 12.3. The second kappa shape index (κ2) is 13.0. The van der Waals surface area contributed by atoms with Gasteiger partial charge in [0.1, 0.15) is 23.8 Å². The van der Waals surface area contributed by atoms with Gasteiger partial charge >= 0.3 is 5.97 Å². The monoisotopic (exact) mass is 643 g/mol. The highest BCUT2D eigenvalue weighted by atomic mass is 79.9. The average molecular weight is 645 g/mol. The zero-order valence-electron chi connectivity index (χ0n) is 23.6. The zero-order valence-corrected chi connectivity index (χ0v) is 25.2. The van der Waals surface area contributed by atoms with Crippen molar-refractivity contribution in [1.29, 1.82) is 0 Å².